The van der Waals surface area contributed by atoms with Crippen LogP contribution >= 0.6 is 12.4 Å². The molecule has 3 heterocycles. The van der Waals surface area contributed by atoms with Crippen molar-refractivity contribution >= 4 is 24.2 Å². The second-order valence-electron chi connectivity index (χ2n) is 8.19. The van der Waals surface area contributed by atoms with Crippen molar-refractivity contribution < 1.29 is 9.59 Å². The van der Waals surface area contributed by atoms with Crippen molar-refractivity contribution in [3.63, 3.8) is 0 Å². The molecule has 2 atom stereocenters. The molecule has 2 saturated heterocycles. The van der Waals surface area contributed by atoms with Gasteiger partial charge < -0.3 is 15.1 Å². The first kappa shape index (κ1) is 20.7. The quantitative estimate of drug-likeness (QED) is 0.822. The Morgan fingerprint density at radius 3 is 2.27 bits per heavy atom. The summed E-state index contributed by atoms with van der Waals surface area (Å²) in [6, 6.07) is 0. The third-order valence-electron chi connectivity index (χ3n) is 5.20. The van der Waals surface area contributed by atoms with Crippen molar-refractivity contribution in [2.75, 3.05) is 39.3 Å². The van der Waals surface area contributed by atoms with Crippen LogP contribution in [0.2, 0.25) is 0 Å². The van der Waals surface area contributed by atoms with Crippen molar-refractivity contribution in [1.29, 1.82) is 0 Å². The van der Waals surface area contributed by atoms with Gasteiger partial charge in [0.25, 0.3) is 0 Å². The summed E-state index contributed by atoms with van der Waals surface area (Å²) < 4.78 is 1.78. The highest BCUT2D eigenvalue weighted by molar-refractivity contribution is 5.85. The summed E-state index contributed by atoms with van der Waals surface area (Å²) in [5.74, 6) is 0.488. The summed E-state index contributed by atoms with van der Waals surface area (Å²) >= 11 is 0. The number of carbonyl (C=O) groups excluding carboxylic acids is 2. The molecule has 0 spiro atoms. The fraction of sp³-hybridized carbons (Fsp3) is 0.722. The van der Waals surface area contributed by atoms with Crippen LogP contribution in [0.4, 0.5) is 0 Å². The van der Waals surface area contributed by atoms with Crippen LogP contribution in [0.5, 0.6) is 0 Å². The summed E-state index contributed by atoms with van der Waals surface area (Å²) in [6.45, 7) is 9.83. The zero-order valence-electron chi connectivity index (χ0n) is 16.1. The van der Waals surface area contributed by atoms with E-state index in [0.717, 1.165) is 12.1 Å². The maximum absolute atomic E-state index is 13.0. The average molecular weight is 384 g/mol. The Labute approximate surface area is 161 Å². The van der Waals surface area contributed by atoms with Crippen molar-refractivity contribution in [2.45, 2.75) is 26.7 Å². The molecule has 1 aromatic rings. The molecule has 0 saturated carbocycles. The fourth-order valence-corrected chi connectivity index (χ4v) is 3.76. The molecule has 1 N–H and O–H groups in total. The first-order valence-electron chi connectivity index (χ1n) is 9.05. The largest absolute Gasteiger partial charge is 0.339 e. The number of rotatable bonds is 2. The molecule has 1 aromatic heterocycles. The van der Waals surface area contributed by atoms with Crippen LogP contribution < -0.4 is 5.32 Å². The maximum Gasteiger partial charge on any atom is 0.228 e. The van der Waals surface area contributed by atoms with Gasteiger partial charge in [-0.1, -0.05) is 20.8 Å². The maximum atomic E-state index is 13.0. The summed E-state index contributed by atoms with van der Waals surface area (Å²) in [5.41, 5.74) is 0.750. The van der Waals surface area contributed by atoms with Gasteiger partial charge in [0.2, 0.25) is 11.8 Å². The second-order valence-corrected chi connectivity index (χ2v) is 8.19. The summed E-state index contributed by atoms with van der Waals surface area (Å²) in [5, 5.41) is 7.59. The van der Waals surface area contributed by atoms with E-state index in [1.54, 1.807) is 4.68 Å². The Morgan fingerprint density at radius 2 is 1.73 bits per heavy atom. The van der Waals surface area contributed by atoms with Gasteiger partial charge in [-0.3, -0.25) is 14.3 Å². The van der Waals surface area contributed by atoms with E-state index in [1.165, 1.54) is 0 Å². The van der Waals surface area contributed by atoms with Gasteiger partial charge in [0.05, 0.1) is 12.1 Å². The Bertz CT molecular complexity index is 646. The topological polar surface area (TPSA) is 70.5 Å². The first-order valence-corrected chi connectivity index (χ1v) is 9.05. The number of piperazine rings is 1. The van der Waals surface area contributed by atoms with Crippen molar-refractivity contribution in [2.24, 2.45) is 18.4 Å². The number of hydrogen-bond acceptors (Lipinski definition) is 4. The van der Waals surface area contributed by atoms with Crippen LogP contribution in [-0.2, 0) is 16.6 Å². The number of halogens is 1. The molecule has 0 bridgehead atoms. The number of hydrogen-bond donors (Lipinski definition) is 1. The van der Waals surface area contributed by atoms with Gasteiger partial charge in [-0.25, -0.2) is 0 Å². The van der Waals surface area contributed by atoms with Crippen molar-refractivity contribution in [3.05, 3.63) is 18.0 Å². The van der Waals surface area contributed by atoms with Gasteiger partial charge in [0.1, 0.15) is 0 Å². The van der Waals surface area contributed by atoms with E-state index in [1.807, 2.05) is 50.0 Å². The van der Waals surface area contributed by atoms with Crippen molar-refractivity contribution in [3.8, 4) is 0 Å². The van der Waals surface area contributed by atoms with Gasteiger partial charge in [-0.15, -0.1) is 12.4 Å². The molecule has 2 amide bonds. The molecule has 26 heavy (non-hydrogen) atoms. The molecule has 2 fully saturated rings. The summed E-state index contributed by atoms with van der Waals surface area (Å²) in [6.07, 6.45) is 3.86. The first-order chi connectivity index (χ1) is 11.8. The van der Waals surface area contributed by atoms with Gasteiger partial charge in [0.15, 0.2) is 0 Å². The molecule has 146 valence electrons. The zero-order valence-corrected chi connectivity index (χ0v) is 16.9. The SMILES string of the molecule is Cl.Cn1cc([C@H]2CNC[C@@H]2C(=O)N2CCN(C(=O)C(C)(C)C)CC2)cn1. The molecule has 3 rings (SSSR count). The smallest absolute Gasteiger partial charge is 0.228 e. The van der Waals surface area contributed by atoms with Crippen LogP contribution in [-0.4, -0.2) is 70.7 Å². The number of nitrogens with one attached hydrogen (secondary N) is 1. The van der Waals surface area contributed by atoms with Crippen LogP contribution in [0.15, 0.2) is 12.4 Å². The third-order valence-corrected chi connectivity index (χ3v) is 5.20. The summed E-state index contributed by atoms with van der Waals surface area (Å²) in [4.78, 5) is 29.2. The van der Waals surface area contributed by atoms with Crippen LogP contribution in [0.1, 0.15) is 32.3 Å². The van der Waals surface area contributed by atoms with Gasteiger partial charge >= 0.3 is 0 Å². The molecule has 0 aromatic carbocycles. The van der Waals surface area contributed by atoms with E-state index in [0.29, 0.717) is 32.7 Å². The number of aryl methyl sites for hydroxylation is 1. The normalized spacial score (nSPS) is 23.7. The highest BCUT2D eigenvalue weighted by Gasteiger charge is 2.38. The molecule has 2 aliphatic heterocycles. The molecule has 7 nitrogen and oxygen atoms in total. The monoisotopic (exact) mass is 383 g/mol. The van der Waals surface area contributed by atoms with Crippen molar-refractivity contribution in [1.82, 2.24) is 24.9 Å². The van der Waals surface area contributed by atoms with Crippen LogP contribution in [0.3, 0.4) is 0 Å². The predicted molar refractivity (Wildman–Crippen MR) is 102 cm³/mol. The van der Waals surface area contributed by atoms with Gasteiger partial charge in [0, 0.05) is 63.8 Å². The van der Waals surface area contributed by atoms with E-state index in [-0.39, 0.29) is 41.5 Å². The molecule has 2 aliphatic rings. The Balaban J connectivity index is 0.00000243. The zero-order chi connectivity index (χ0) is 18.2. The Morgan fingerprint density at radius 1 is 1.12 bits per heavy atom. The number of amides is 2. The van der Waals surface area contributed by atoms with Gasteiger partial charge in [-0.05, 0) is 5.56 Å². The minimum absolute atomic E-state index is 0. The number of aromatic nitrogens is 2. The highest BCUT2D eigenvalue weighted by atomic mass is 35.5. The van der Waals surface area contributed by atoms with Crippen LogP contribution in [0.25, 0.3) is 0 Å². The average Bonchev–Trinajstić information content (AvgIpc) is 3.21. The molecular weight excluding hydrogens is 354 g/mol. The predicted octanol–water partition coefficient (Wildman–Crippen LogP) is 0.862. The standard InChI is InChI=1S/C18H29N5O2.ClH/c1-18(2,3)17(25)23-7-5-22(6-8-23)16(24)15-11-19-10-14(15)13-9-20-21(4)12-13;/h9,12,14-15,19H,5-8,10-11H2,1-4H3;1H/t14-,15+;/m1./s1. The number of carbonyl (C=O) groups is 2. The lowest BCUT2D eigenvalue weighted by Crippen LogP contribution is -2.54. The highest BCUT2D eigenvalue weighted by Crippen LogP contribution is 2.30. The lowest BCUT2D eigenvalue weighted by molar-refractivity contribution is -0.146. The third kappa shape index (κ3) is 4.20. The van der Waals surface area contributed by atoms with E-state index in [4.69, 9.17) is 0 Å². The lowest BCUT2D eigenvalue weighted by Gasteiger charge is -2.38. The minimum Gasteiger partial charge on any atom is -0.339 e. The number of nitrogens with zero attached hydrogens (tertiary/aromatic N) is 4. The van der Waals surface area contributed by atoms with E-state index in [2.05, 4.69) is 10.4 Å². The second kappa shape index (κ2) is 7.96. The molecule has 0 aliphatic carbocycles. The molecule has 8 heteroatoms. The molecular formula is C18H30ClN5O2. The lowest BCUT2D eigenvalue weighted by atomic mass is 9.89. The Hall–Kier alpha value is -1.60. The molecule has 0 unspecified atom stereocenters. The van der Waals surface area contributed by atoms with Crippen LogP contribution in [0, 0.1) is 11.3 Å². The Kier molecular flexibility index (Phi) is 6.34. The van der Waals surface area contributed by atoms with Gasteiger partial charge in [-0.2, -0.15) is 5.10 Å². The molecule has 0 radical (unpaired) electrons. The minimum atomic E-state index is -0.368. The van der Waals surface area contributed by atoms with E-state index in [9.17, 15) is 9.59 Å². The summed E-state index contributed by atoms with van der Waals surface area (Å²) in [7, 11) is 1.90. The fourth-order valence-electron chi connectivity index (χ4n) is 3.76. The van der Waals surface area contributed by atoms with E-state index < -0.39 is 0 Å². The van der Waals surface area contributed by atoms with E-state index >= 15 is 0 Å².